The van der Waals surface area contributed by atoms with Gasteiger partial charge in [-0.15, -0.1) is 0 Å². The molecule has 86 valence electrons. The van der Waals surface area contributed by atoms with Crippen molar-refractivity contribution in [1.82, 2.24) is 9.97 Å². The number of rotatable bonds is 3. The van der Waals surface area contributed by atoms with Gasteiger partial charge in [-0.1, -0.05) is 23.8 Å². The van der Waals surface area contributed by atoms with Crippen LogP contribution in [0.4, 0.5) is 0 Å². The van der Waals surface area contributed by atoms with Crippen molar-refractivity contribution in [1.29, 1.82) is 0 Å². The summed E-state index contributed by atoms with van der Waals surface area (Å²) in [5, 5.41) is 8.84. The summed E-state index contributed by atoms with van der Waals surface area (Å²) in [5.74, 6) is -0.881. The molecule has 0 saturated carbocycles. The molecular formula is C13H12N2O2. The number of benzene rings is 1. The van der Waals surface area contributed by atoms with Gasteiger partial charge in [0.25, 0.3) is 0 Å². The van der Waals surface area contributed by atoms with E-state index in [9.17, 15) is 4.79 Å². The van der Waals surface area contributed by atoms with Crippen LogP contribution in [0.3, 0.4) is 0 Å². The molecule has 0 aliphatic rings. The van der Waals surface area contributed by atoms with E-state index in [1.54, 1.807) is 6.20 Å². The van der Waals surface area contributed by atoms with Crippen LogP contribution in [0.25, 0.3) is 11.3 Å². The van der Waals surface area contributed by atoms with E-state index in [1.807, 2.05) is 31.2 Å². The van der Waals surface area contributed by atoms with E-state index in [1.165, 1.54) is 6.33 Å². The average molecular weight is 228 g/mol. The Morgan fingerprint density at radius 1 is 1.41 bits per heavy atom. The molecule has 1 aromatic carbocycles. The quantitative estimate of drug-likeness (QED) is 0.873. The zero-order chi connectivity index (χ0) is 12.3. The highest BCUT2D eigenvalue weighted by Gasteiger charge is 2.10. The van der Waals surface area contributed by atoms with Crippen molar-refractivity contribution in [2.45, 2.75) is 13.3 Å². The third-order valence-corrected chi connectivity index (χ3v) is 2.42. The fourth-order valence-electron chi connectivity index (χ4n) is 1.70. The summed E-state index contributed by atoms with van der Waals surface area (Å²) < 4.78 is 0. The molecule has 1 N–H and O–H groups in total. The number of carboxylic acids is 1. The maximum atomic E-state index is 10.8. The van der Waals surface area contributed by atoms with Gasteiger partial charge >= 0.3 is 5.97 Å². The normalized spacial score (nSPS) is 10.2. The number of carbonyl (C=O) groups is 1. The number of aromatic nitrogens is 2. The van der Waals surface area contributed by atoms with Crippen molar-refractivity contribution in [3.63, 3.8) is 0 Å². The van der Waals surface area contributed by atoms with Gasteiger partial charge in [0, 0.05) is 17.3 Å². The van der Waals surface area contributed by atoms with Crippen LogP contribution in [0, 0.1) is 6.92 Å². The Balaban J connectivity index is 2.47. The first kappa shape index (κ1) is 11.3. The standard InChI is InChI=1S/C13H12N2O2/c1-9-3-2-4-10(5-9)13-11(6-12(16)17)7-14-8-15-13/h2-5,7-8H,6H2,1H3,(H,16,17). The molecule has 0 aliphatic heterocycles. The molecule has 0 atom stereocenters. The maximum Gasteiger partial charge on any atom is 0.307 e. The van der Waals surface area contributed by atoms with Crippen LogP contribution in [0.2, 0.25) is 0 Å². The van der Waals surface area contributed by atoms with Crippen LogP contribution in [-0.2, 0) is 11.2 Å². The van der Waals surface area contributed by atoms with Crippen molar-refractivity contribution < 1.29 is 9.90 Å². The van der Waals surface area contributed by atoms with Gasteiger partial charge in [0.1, 0.15) is 6.33 Å². The topological polar surface area (TPSA) is 63.1 Å². The van der Waals surface area contributed by atoms with Gasteiger partial charge < -0.3 is 5.11 Å². The number of aryl methyl sites for hydroxylation is 1. The summed E-state index contributed by atoms with van der Waals surface area (Å²) in [7, 11) is 0. The van der Waals surface area contributed by atoms with Crippen molar-refractivity contribution in [3.05, 3.63) is 47.9 Å². The molecule has 0 fully saturated rings. The molecule has 0 radical (unpaired) electrons. The summed E-state index contributed by atoms with van der Waals surface area (Å²) in [5.41, 5.74) is 3.35. The predicted octanol–water partition coefficient (Wildman–Crippen LogP) is 2.08. The molecule has 0 spiro atoms. The summed E-state index contributed by atoms with van der Waals surface area (Å²) in [4.78, 5) is 18.8. The van der Waals surface area contributed by atoms with E-state index in [-0.39, 0.29) is 6.42 Å². The lowest BCUT2D eigenvalue weighted by Gasteiger charge is -2.06. The maximum absolute atomic E-state index is 10.8. The Kier molecular flexibility index (Phi) is 3.14. The van der Waals surface area contributed by atoms with E-state index in [0.29, 0.717) is 11.3 Å². The second kappa shape index (κ2) is 4.74. The number of hydrogen-bond donors (Lipinski definition) is 1. The fourth-order valence-corrected chi connectivity index (χ4v) is 1.70. The van der Waals surface area contributed by atoms with Gasteiger partial charge in [0.15, 0.2) is 0 Å². The molecule has 0 saturated heterocycles. The first-order valence-electron chi connectivity index (χ1n) is 5.24. The van der Waals surface area contributed by atoms with Gasteiger partial charge in [-0.25, -0.2) is 9.97 Å². The van der Waals surface area contributed by atoms with E-state index in [2.05, 4.69) is 9.97 Å². The zero-order valence-corrected chi connectivity index (χ0v) is 9.42. The Bertz CT molecular complexity index is 553. The Hall–Kier alpha value is -2.23. The first-order valence-corrected chi connectivity index (χ1v) is 5.24. The molecule has 0 bridgehead atoms. The van der Waals surface area contributed by atoms with Crippen LogP contribution >= 0.6 is 0 Å². The largest absolute Gasteiger partial charge is 0.481 e. The molecule has 17 heavy (non-hydrogen) atoms. The Morgan fingerprint density at radius 3 is 2.94 bits per heavy atom. The summed E-state index contributed by atoms with van der Waals surface area (Å²) in [6.07, 6.45) is 2.92. The van der Waals surface area contributed by atoms with Crippen LogP contribution in [-0.4, -0.2) is 21.0 Å². The third kappa shape index (κ3) is 2.66. The number of aliphatic carboxylic acids is 1. The molecule has 1 aromatic heterocycles. The molecule has 0 aliphatic carbocycles. The van der Waals surface area contributed by atoms with Crippen molar-refractivity contribution in [2.75, 3.05) is 0 Å². The molecule has 1 heterocycles. The molecule has 0 amide bonds. The van der Waals surface area contributed by atoms with Gasteiger partial charge in [-0.3, -0.25) is 4.79 Å². The second-order valence-electron chi connectivity index (χ2n) is 3.84. The van der Waals surface area contributed by atoms with Crippen LogP contribution in [0.1, 0.15) is 11.1 Å². The van der Waals surface area contributed by atoms with Crippen molar-refractivity contribution >= 4 is 5.97 Å². The summed E-state index contributed by atoms with van der Waals surface area (Å²) >= 11 is 0. The average Bonchev–Trinajstić information content (AvgIpc) is 2.29. The Morgan fingerprint density at radius 2 is 2.24 bits per heavy atom. The molecule has 2 rings (SSSR count). The number of carboxylic acid groups (broad SMARTS) is 1. The van der Waals surface area contributed by atoms with Gasteiger partial charge in [-0.2, -0.15) is 0 Å². The second-order valence-corrected chi connectivity index (χ2v) is 3.84. The molecular weight excluding hydrogens is 216 g/mol. The molecule has 4 heteroatoms. The van der Waals surface area contributed by atoms with Gasteiger partial charge in [0.05, 0.1) is 12.1 Å². The van der Waals surface area contributed by atoms with Gasteiger partial charge in [-0.05, 0) is 13.0 Å². The summed E-state index contributed by atoms with van der Waals surface area (Å²) in [6, 6.07) is 7.81. The minimum Gasteiger partial charge on any atom is -0.481 e. The van der Waals surface area contributed by atoms with Crippen LogP contribution in [0.5, 0.6) is 0 Å². The molecule has 2 aromatic rings. The zero-order valence-electron chi connectivity index (χ0n) is 9.42. The van der Waals surface area contributed by atoms with E-state index < -0.39 is 5.97 Å². The number of nitrogens with zero attached hydrogens (tertiary/aromatic N) is 2. The monoisotopic (exact) mass is 228 g/mol. The van der Waals surface area contributed by atoms with Crippen molar-refractivity contribution in [3.8, 4) is 11.3 Å². The van der Waals surface area contributed by atoms with E-state index in [0.717, 1.165) is 11.1 Å². The molecule has 4 nitrogen and oxygen atoms in total. The number of hydrogen-bond acceptors (Lipinski definition) is 3. The van der Waals surface area contributed by atoms with Gasteiger partial charge in [0.2, 0.25) is 0 Å². The lowest BCUT2D eigenvalue weighted by molar-refractivity contribution is -0.136. The predicted molar refractivity (Wildman–Crippen MR) is 63.5 cm³/mol. The lowest BCUT2D eigenvalue weighted by atomic mass is 10.0. The summed E-state index contributed by atoms with van der Waals surface area (Å²) in [6.45, 7) is 1.99. The highest BCUT2D eigenvalue weighted by molar-refractivity contribution is 5.74. The third-order valence-electron chi connectivity index (χ3n) is 2.42. The van der Waals surface area contributed by atoms with E-state index >= 15 is 0 Å². The Labute approximate surface area is 99.0 Å². The highest BCUT2D eigenvalue weighted by atomic mass is 16.4. The van der Waals surface area contributed by atoms with Crippen molar-refractivity contribution in [2.24, 2.45) is 0 Å². The SMILES string of the molecule is Cc1cccc(-c2ncncc2CC(=O)O)c1. The smallest absolute Gasteiger partial charge is 0.307 e. The first-order chi connectivity index (χ1) is 8.16. The molecule has 0 unspecified atom stereocenters. The van der Waals surface area contributed by atoms with Crippen LogP contribution < -0.4 is 0 Å². The van der Waals surface area contributed by atoms with Crippen LogP contribution in [0.15, 0.2) is 36.8 Å². The fraction of sp³-hybridized carbons (Fsp3) is 0.154. The highest BCUT2D eigenvalue weighted by Crippen LogP contribution is 2.21. The lowest BCUT2D eigenvalue weighted by Crippen LogP contribution is -2.03. The van der Waals surface area contributed by atoms with E-state index in [4.69, 9.17) is 5.11 Å². The minimum atomic E-state index is -0.881. The minimum absolute atomic E-state index is 0.0654.